The first-order chi connectivity index (χ1) is 14.9. The van der Waals surface area contributed by atoms with Gasteiger partial charge in [-0.3, -0.25) is 14.5 Å². The second kappa shape index (κ2) is 10.4. The van der Waals surface area contributed by atoms with Crippen LogP contribution >= 0.6 is 24.0 Å². The molecule has 1 aliphatic rings. The minimum atomic E-state index is -0.420. The number of amides is 2. The van der Waals surface area contributed by atoms with E-state index in [2.05, 4.69) is 5.32 Å². The number of hydrogen-bond acceptors (Lipinski definition) is 6. The van der Waals surface area contributed by atoms with Crippen molar-refractivity contribution in [1.82, 2.24) is 4.90 Å². The minimum Gasteiger partial charge on any atom is -0.493 e. The number of thiocarbonyl (C=S) groups is 1. The number of halogens is 1. The van der Waals surface area contributed by atoms with Crippen LogP contribution in [0.2, 0.25) is 0 Å². The average Bonchev–Trinajstić information content (AvgIpc) is 3.01. The van der Waals surface area contributed by atoms with E-state index in [0.717, 1.165) is 5.56 Å². The lowest BCUT2D eigenvalue weighted by atomic mass is 10.2. The van der Waals surface area contributed by atoms with Crippen molar-refractivity contribution in [3.63, 3.8) is 0 Å². The number of thioether (sulfide) groups is 1. The number of hydrogen-bond donors (Lipinski definition) is 1. The smallest absolute Gasteiger partial charge is 0.266 e. The minimum absolute atomic E-state index is 0.183. The summed E-state index contributed by atoms with van der Waals surface area (Å²) < 4.78 is 24.2. The predicted molar refractivity (Wildman–Crippen MR) is 124 cm³/mol. The number of carbonyl (C=O) groups excluding carboxylic acids is 2. The predicted octanol–water partition coefficient (Wildman–Crippen LogP) is 4.46. The summed E-state index contributed by atoms with van der Waals surface area (Å²) in [5.41, 5.74) is 1.18. The van der Waals surface area contributed by atoms with Crippen LogP contribution in [-0.4, -0.2) is 41.8 Å². The number of carbonyl (C=O) groups is 2. The van der Waals surface area contributed by atoms with Gasteiger partial charge in [0.15, 0.2) is 11.5 Å². The molecule has 0 spiro atoms. The molecule has 0 saturated carbocycles. The van der Waals surface area contributed by atoms with E-state index < -0.39 is 5.82 Å². The Morgan fingerprint density at radius 3 is 2.68 bits per heavy atom. The first kappa shape index (κ1) is 22.8. The van der Waals surface area contributed by atoms with Crippen LogP contribution in [0.3, 0.4) is 0 Å². The van der Waals surface area contributed by atoms with Gasteiger partial charge >= 0.3 is 0 Å². The summed E-state index contributed by atoms with van der Waals surface area (Å²) in [5, 5.41) is 2.64. The van der Waals surface area contributed by atoms with Crippen molar-refractivity contribution in [3.05, 3.63) is 58.8 Å². The number of rotatable bonds is 8. The number of anilines is 1. The van der Waals surface area contributed by atoms with Crippen LogP contribution in [0.1, 0.15) is 18.4 Å². The number of ether oxygens (including phenoxy) is 2. The van der Waals surface area contributed by atoms with Gasteiger partial charge in [0.2, 0.25) is 5.91 Å². The molecular weight excluding hydrogens is 439 g/mol. The maximum atomic E-state index is 13.2. The molecule has 6 nitrogen and oxygen atoms in total. The lowest BCUT2D eigenvalue weighted by molar-refractivity contribution is -0.122. The Balaban J connectivity index is 1.57. The Kier molecular flexibility index (Phi) is 7.64. The molecule has 9 heteroatoms. The first-order valence-corrected chi connectivity index (χ1v) is 10.7. The summed E-state index contributed by atoms with van der Waals surface area (Å²) in [7, 11) is 3.10. The van der Waals surface area contributed by atoms with Crippen LogP contribution in [0, 0.1) is 5.82 Å². The molecule has 0 radical (unpaired) electrons. The molecule has 1 heterocycles. The van der Waals surface area contributed by atoms with Crippen molar-refractivity contribution in [2.75, 3.05) is 26.1 Å². The van der Waals surface area contributed by atoms with Crippen LogP contribution < -0.4 is 14.8 Å². The summed E-state index contributed by atoms with van der Waals surface area (Å²) in [6.45, 7) is 0.324. The van der Waals surface area contributed by atoms with Gasteiger partial charge in [0.1, 0.15) is 10.1 Å². The van der Waals surface area contributed by atoms with Crippen LogP contribution in [0.15, 0.2) is 47.4 Å². The van der Waals surface area contributed by atoms with Gasteiger partial charge in [-0.2, -0.15) is 0 Å². The third kappa shape index (κ3) is 5.83. The fourth-order valence-corrected chi connectivity index (χ4v) is 4.28. The van der Waals surface area contributed by atoms with Gasteiger partial charge in [-0.15, -0.1) is 0 Å². The highest BCUT2D eigenvalue weighted by molar-refractivity contribution is 8.26. The molecule has 2 aromatic rings. The molecule has 0 bridgehead atoms. The zero-order valence-electron chi connectivity index (χ0n) is 17.0. The van der Waals surface area contributed by atoms with Gasteiger partial charge < -0.3 is 14.8 Å². The molecule has 0 aliphatic carbocycles. The quantitative estimate of drug-likeness (QED) is 0.463. The molecule has 1 fully saturated rings. The van der Waals surface area contributed by atoms with E-state index >= 15 is 0 Å². The van der Waals surface area contributed by atoms with Crippen LogP contribution in [0.25, 0.3) is 6.08 Å². The van der Waals surface area contributed by atoms with Gasteiger partial charge in [-0.1, -0.05) is 36.1 Å². The standard InChI is InChI=1S/C22H21FN2O4S2/c1-28-17-9-8-14(11-18(17)29-2)12-19-21(27)25(22(30)31-19)10-4-7-20(26)24-16-6-3-5-15(23)13-16/h3,5-6,8-9,11-13H,4,7,10H2,1-2H3,(H,24,26)/b19-12-. The van der Waals surface area contributed by atoms with Crippen LogP contribution in [0.4, 0.5) is 10.1 Å². The number of nitrogens with one attached hydrogen (secondary N) is 1. The summed E-state index contributed by atoms with van der Waals surface area (Å²) in [4.78, 5) is 26.8. The SMILES string of the molecule is COc1ccc(/C=C2\SC(=S)N(CCCC(=O)Nc3cccc(F)c3)C2=O)cc1OC. The second-order valence-corrected chi connectivity index (χ2v) is 8.29. The Hall–Kier alpha value is -2.91. The summed E-state index contributed by atoms with van der Waals surface area (Å²) in [6.07, 6.45) is 2.36. The molecule has 0 unspecified atom stereocenters. The third-order valence-corrected chi connectivity index (χ3v) is 5.85. The molecule has 1 N–H and O–H groups in total. The largest absolute Gasteiger partial charge is 0.493 e. The molecule has 162 valence electrons. The molecule has 31 heavy (non-hydrogen) atoms. The van der Waals surface area contributed by atoms with E-state index in [-0.39, 0.29) is 18.2 Å². The monoisotopic (exact) mass is 460 g/mol. The maximum Gasteiger partial charge on any atom is 0.266 e. The maximum absolute atomic E-state index is 13.2. The van der Waals surface area contributed by atoms with E-state index in [1.807, 2.05) is 6.07 Å². The fourth-order valence-electron chi connectivity index (χ4n) is 2.97. The van der Waals surface area contributed by atoms with Crippen LogP contribution in [-0.2, 0) is 9.59 Å². The second-order valence-electron chi connectivity index (χ2n) is 6.61. The molecule has 3 rings (SSSR count). The topological polar surface area (TPSA) is 67.9 Å². The van der Waals surface area contributed by atoms with Crippen molar-refractivity contribution in [1.29, 1.82) is 0 Å². The highest BCUT2D eigenvalue weighted by Gasteiger charge is 2.31. The average molecular weight is 461 g/mol. The third-order valence-electron chi connectivity index (χ3n) is 4.47. The zero-order valence-corrected chi connectivity index (χ0v) is 18.6. The van der Waals surface area contributed by atoms with E-state index in [9.17, 15) is 14.0 Å². The Morgan fingerprint density at radius 1 is 1.19 bits per heavy atom. The van der Waals surface area contributed by atoms with E-state index in [1.54, 1.807) is 38.5 Å². The Bertz CT molecular complexity index is 1040. The molecular formula is C22H21FN2O4S2. The molecule has 1 saturated heterocycles. The molecule has 2 aromatic carbocycles. The Morgan fingerprint density at radius 2 is 1.97 bits per heavy atom. The Labute approximate surface area is 189 Å². The van der Waals surface area contributed by atoms with Crippen molar-refractivity contribution < 1.29 is 23.5 Å². The van der Waals surface area contributed by atoms with Crippen molar-refractivity contribution >= 4 is 51.9 Å². The van der Waals surface area contributed by atoms with Gasteiger partial charge in [0, 0.05) is 18.7 Å². The van der Waals surface area contributed by atoms with Gasteiger partial charge in [-0.25, -0.2) is 4.39 Å². The zero-order chi connectivity index (χ0) is 22.4. The number of nitrogens with zero attached hydrogens (tertiary/aromatic N) is 1. The number of methoxy groups -OCH3 is 2. The van der Waals surface area contributed by atoms with Gasteiger partial charge in [-0.05, 0) is 48.4 Å². The summed E-state index contributed by atoms with van der Waals surface area (Å²) in [5.74, 6) is 0.295. The number of benzene rings is 2. The van der Waals surface area contributed by atoms with E-state index in [4.69, 9.17) is 21.7 Å². The normalized spacial score (nSPS) is 14.8. The molecule has 1 aliphatic heterocycles. The van der Waals surface area contributed by atoms with Gasteiger partial charge in [0.25, 0.3) is 5.91 Å². The van der Waals surface area contributed by atoms with E-state index in [0.29, 0.717) is 39.4 Å². The molecule has 0 atom stereocenters. The lowest BCUT2D eigenvalue weighted by Gasteiger charge is -2.14. The molecule has 2 amide bonds. The van der Waals surface area contributed by atoms with Crippen molar-refractivity contribution in [3.8, 4) is 11.5 Å². The van der Waals surface area contributed by atoms with Crippen molar-refractivity contribution in [2.24, 2.45) is 0 Å². The first-order valence-electron chi connectivity index (χ1n) is 9.44. The summed E-state index contributed by atoms with van der Waals surface area (Å²) in [6, 6.07) is 11.1. The summed E-state index contributed by atoms with van der Waals surface area (Å²) >= 11 is 6.56. The van der Waals surface area contributed by atoms with E-state index in [1.165, 1.54) is 34.9 Å². The van der Waals surface area contributed by atoms with Crippen LogP contribution in [0.5, 0.6) is 11.5 Å². The van der Waals surface area contributed by atoms with Gasteiger partial charge in [0.05, 0.1) is 19.1 Å². The lowest BCUT2D eigenvalue weighted by Crippen LogP contribution is -2.29. The molecule has 0 aromatic heterocycles. The highest BCUT2D eigenvalue weighted by Crippen LogP contribution is 2.34. The fraction of sp³-hybridized carbons (Fsp3) is 0.227. The highest BCUT2D eigenvalue weighted by atomic mass is 32.2. The van der Waals surface area contributed by atoms with Crippen molar-refractivity contribution in [2.45, 2.75) is 12.8 Å².